The zero-order valence-electron chi connectivity index (χ0n) is 11.8. The molecule has 106 valence electrons. The molecule has 0 heterocycles. The molecular weight excluding hydrogens is 240 g/mol. The van der Waals surface area contributed by atoms with Crippen LogP contribution in [0.25, 0.3) is 0 Å². The minimum Gasteiger partial charge on any atom is -0.369 e. The molecule has 2 unspecified atom stereocenters. The van der Waals surface area contributed by atoms with Crippen LogP contribution in [-0.4, -0.2) is 25.2 Å². The summed E-state index contributed by atoms with van der Waals surface area (Å²) >= 11 is 0. The Morgan fingerprint density at radius 3 is 2.68 bits per heavy atom. The third-order valence-corrected chi connectivity index (χ3v) is 2.96. The van der Waals surface area contributed by atoms with E-state index in [1.807, 2.05) is 30.3 Å². The highest BCUT2D eigenvalue weighted by molar-refractivity contribution is 5.80. The van der Waals surface area contributed by atoms with Gasteiger partial charge in [-0.05, 0) is 18.9 Å². The van der Waals surface area contributed by atoms with Gasteiger partial charge in [0.25, 0.3) is 0 Å². The fraction of sp³-hybridized carbons (Fsp3) is 0.533. The largest absolute Gasteiger partial charge is 0.369 e. The van der Waals surface area contributed by atoms with Crippen LogP contribution in [0.1, 0.15) is 38.3 Å². The van der Waals surface area contributed by atoms with Crippen LogP contribution >= 0.6 is 0 Å². The molecule has 0 aliphatic heterocycles. The highest BCUT2D eigenvalue weighted by Gasteiger charge is 2.14. The molecule has 2 atom stereocenters. The van der Waals surface area contributed by atoms with Crippen LogP contribution in [0.2, 0.25) is 0 Å². The molecule has 0 aliphatic carbocycles. The number of hydrogen-bond acceptors (Lipinski definition) is 3. The van der Waals surface area contributed by atoms with Crippen LogP contribution < -0.4 is 11.1 Å². The van der Waals surface area contributed by atoms with Crippen LogP contribution in [0.15, 0.2) is 30.3 Å². The van der Waals surface area contributed by atoms with Gasteiger partial charge in [0.1, 0.15) is 6.10 Å². The summed E-state index contributed by atoms with van der Waals surface area (Å²) in [6, 6.07) is 9.54. The average Bonchev–Trinajstić information content (AvgIpc) is 2.45. The fourth-order valence-corrected chi connectivity index (χ4v) is 1.65. The lowest BCUT2D eigenvalue weighted by atomic mass is 10.1. The molecule has 0 spiro atoms. The smallest absolute Gasteiger partial charge is 0.248 e. The van der Waals surface area contributed by atoms with E-state index in [-0.39, 0.29) is 11.9 Å². The van der Waals surface area contributed by atoms with E-state index in [9.17, 15) is 4.79 Å². The quantitative estimate of drug-likeness (QED) is 0.706. The van der Waals surface area contributed by atoms with Crippen LogP contribution in [0, 0.1) is 0 Å². The number of amides is 1. The maximum Gasteiger partial charge on any atom is 0.248 e. The molecule has 0 bridgehead atoms. The number of nitrogens with two attached hydrogens (primary N) is 1. The summed E-state index contributed by atoms with van der Waals surface area (Å²) < 4.78 is 5.43. The Kier molecular flexibility index (Phi) is 7.15. The number of unbranched alkanes of at least 4 members (excludes halogenated alkanes) is 1. The first kappa shape index (κ1) is 15.7. The predicted molar refractivity (Wildman–Crippen MR) is 76.7 cm³/mol. The summed E-state index contributed by atoms with van der Waals surface area (Å²) in [5, 5.41) is 2.82. The van der Waals surface area contributed by atoms with Crippen molar-refractivity contribution in [1.29, 1.82) is 0 Å². The zero-order valence-corrected chi connectivity index (χ0v) is 11.8. The molecule has 1 aromatic rings. The molecule has 1 rings (SSSR count). The van der Waals surface area contributed by atoms with Gasteiger partial charge in [-0.15, -0.1) is 0 Å². The molecule has 0 saturated carbocycles. The normalized spacial score (nSPS) is 13.8. The summed E-state index contributed by atoms with van der Waals surface area (Å²) in [7, 11) is 0. The lowest BCUT2D eigenvalue weighted by Gasteiger charge is -2.16. The van der Waals surface area contributed by atoms with Crippen molar-refractivity contribution in [3.63, 3.8) is 0 Å². The van der Waals surface area contributed by atoms with Crippen molar-refractivity contribution in [1.82, 2.24) is 5.32 Å². The third-order valence-electron chi connectivity index (χ3n) is 2.96. The highest BCUT2D eigenvalue weighted by Crippen LogP contribution is 2.08. The Morgan fingerprint density at radius 1 is 1.37 bits per heavy atom. The predicted octanol–water partition coefficient (Wildman–Crippen LogP) is 2.01. The lowest BCUT2D eigenvalue weighted by Crippen LogP contribution is -2.38. The monoisotopic (exact) mass is 264 g/mol. The Labute approximate surface area is 115 Å². The number of rotatable bonds is 8. The van der Waals surface area contributed by atoms with Crippen LogP contribution in [0.3, 0.4) is 0 Å². The van der Waals surface area contributed by atoms with Gasteiger partial charge in [0.15, 0.2) is 0 Å². The van der Waals surface area contributed by atoms with E-state index in [1.165, 1.54) is 0 Å². The van der Waals surface area contributed by atoms with Gasteiger partial charge in [0.05, 0.1) is 0 Å². The molecule has 0 aromatic heterocycles. The first-order valence-electron chi connectivity index (χ1n) is 6.85. The van der Waals surface area contributed by atoms with Gasteiger partial charge in [-0.1, -0.05) is 43.7 Å². The van der Waals surface area contributed by atoms with Gasteiger partial charge in [-0.25, -0.2) is 0 Å². The Hall–Kier alpha value is -1.39. The fourth-order valence-electron chi connectivity index (χ4n) is 1.65. The second-order valence-corrected chi connectivity index (χ2v) is 4.63. The van der Waals surface area contributed by atoms with Gasteiger partial charge in [-0.2, -0.15) is 0 Å². The van der Waals surface area contributed by atoms with Crippen LogP contribution in [-0.2, 0) is 9.53 Å². The number of benzene rings is 1. The summed E-state index contributed by atoms with van der Waals surface area (Å²) in [6.45, 7) is 4.90. The van der Waals surface area contributed by atoms with E-state index in [1.54, 1.807) is 6.92 Å². The van der Waals surface area contributed by atoms with E-state index >= 15 is 0 Å². The number of carbonyl (C=O) groups excluding carboxylic acids is 1. The van der Waals surface area contributed by atoms with Crippen molar-refractivity contribution in [3.8, 4) is 0 Å². The first-order chi connectivity index (χ1) is 9.15. The van der Waals surface area contributed by atoms with E-state index in [0.717, 1.165) is 18.4 Å². The second-order valence-electron chi connectivity index (χ2n) is 4.63. The summed E-state index contributed by atoms with van der Waals surface area (Å²) in [4.78, 5) is 11.8. The SMILES string of the molecule is CCCCOC(C)C(=O)NCC(N)c1ccccc1. The molecule has 0 saturated heterocycles. The number of hydrogen-bond donors (Lipinski definition) is 2. The van der Waals surface area contributed by atoms with Crippen molar-refractivity contribution in [2.24, 2.45) is 5.73 Å². The molecule has 4 heteroatoms. The number of carbonyl (C=O) groups is 1. The molecule has 0 radical (unpaired) electrons. The summed E-state index contributed by atoms with van der Waals surface area (Å²) in [5.41, 5.74) is 7.03. The van der Waals surface area contributed by atoms with Crippen LogP contribution in [0.4, 0.5) is 0 Å². The summed E-state index contributed by atoms with van der Waals surface area (Å²) in [6.07, 6.45) is 1.61. The number of ether oxygens (including phenoxy) is 1. The minimum atomic E-state index is -0.422. The molecule has 3 N–H and O–H groups in total. The van der Waals surface area contributed by atoms with E-state index < -0.39 is 6.10 Å². The van der Waals surface area contributed by atoms with E-state index in [2.05, 4.69) is 12.2 Å². The molecule has 1 amide bonds. The molecule has 1 aromatic carbocycles. The van der Waals surface area contributed by atoms with Gasteiger partial charge >= 0.3 is 0 Å². The van der Waals surface area contributed by atoms with Crippen molar-refractivity contribution in [3.05, 3.63) is 35.9 Å². The van der Waals surface area contributed by atoms with E-state index in [4.69, 9.17) is 10.5 Å². The molecule has 4 nitrogen and oxygen atoms in total. The van der Waals surface area contributed by atoms with Gasteiger partial charge in [0, 0.05) is 19.2 Å². The minimum absolute atomic E-state index is 0.109. The standard InChI is InChI=1S/C15H24N2O2/c1-3-4-10-19-12(2)15(18)17-11-14(16)13-8-6-5-7-9-13/h5-9,12,14H,3-4,10-11,16H2,1-2H3,(H,17,18). The van der Waals surface area contributed by atoms with Gasteiger partial charge < -0.3 is 15.8 Å². The second kappa shape index (κ2) is 8.67. The Balaban J connectivity index is 2.29. The summed E-state index contributed by atoms with van der Waals surface area (Å²) in [5.74, 6) is -0.109. The average molecular weight is 264 g/mol. The maximum atomic E-state index is 11.8. The molecule has 19 heavy (non-hydrogen) atoms. The molecular formula is C15H24N2O2. The van der Waals surface area contributed by atoms with Crippen molar-refractivity contribution < 1.29 is 9.53 Å². The van der Waals surface area contributed by atoms with Gasteiger partial charge in [0.2, 0.25) is 5.91 Å². The Morgan fingerprint density at radius 2 is 2.05 bits per heavy atom. The topological polar surface area (TPSA) is 64.3 Å². The lowest BCUT2D eigenvalue weighted by molar-refractivity contribution is -0.131. The Bertz CT molecular complexity index is 368. The zero-order chi connectivity index (χ0) is 14.1. The third kappa shape index (κ3) is 5.85. The van der Waals surface area contributed by atoms with Gasteiger partial charge in [-0.3, -0.25) is 4.79 Å². The van der Waals surface area contributed by atoms with Crippen molar-refractivity contribution in [2.45, 2.75) is 38.8 Å². The van der Waals surface area contributed by atoms with E-state index in [0.29, 0.717) is 13.2 Å². The van der Waals surface area contributed by atoms with Crippen molar-refractivity contribution >= 4 is 5.91 Å². The number of nitrogens with one attached hydrogen (secondary N) is 1. The van der Waals surface area contributed by atoms with Crippen LogP contribution in [0.5, 0.6) is 0 Å². The molecule has 0 aliphatic rings. The van der Waals surface area contributed by atoms with Crippen molar-refractivity contribution in [2.75, 3.05) is 13.2 Å². The maximum absolute atomic E-state index is 11.8. The molecule has 0 fully saturated rings. The first-order valence-corrected chi connectivity index (χ1v) is 6.85. The highest BCUT2D eigenvalue weighted by atomic mass is 16.5.